The molecule has 20 heteroatoms. The molecule has 0 saturated heterocycles. The summed E-state index contributed by atoms with van der Waals surface area (Å²) < 4.78 is 191. The van der Waals surface area contributed by atoms with Gasteiger partial charge in [0.05, 0.1) is 16.9 Å². The molecule has 1 unspecified atom stereocenters. The Hall–Kier alpha value is -4.10. The summed E-state index contributed by atoms with van der Waals surface area (Å²) in [6, 6.07) is 5.04. The first-order valence-corrected chi connectivity index (χ1v) is 12.2. The van der Waals surface area contributed by atoms with E-state index in [4.69, 9.17) is 0 Å². The van der Waals surface area contributed by atoms with Gasteiger partial charge in [-0.15, -0.1) is 13.2 Å². The molecule has 3 aromatic rings. The van der Waals surface area contributed by atoms with Crippen molar-refractivity contribution < 1.29 is 75.8 Å². The van der Waals surface area contributed by atoms with Crippen molar-refractivity contribution in [3.05, 3.63) is 87.4 Å². The molecule has 45 heavy (non-hydrogen) atoms. The van der Waals surface area contributed by atoms with Gasteiger partial charge in [0.1, 0.15) is 5.82 Å². The van der Waals surface area contributed by atoms with Gasteiger partial charge in [0.25, 0.3) is 11.8 Å². The Labute approximate surface area is 249 Å². The average molecular weight is 733 g/mol. The summed E-state index contributed by atoms with van der Waals surface area (Å²) in [6.07, 6.45) is -20.2. The molecule has 244 valence electrons. The lowest BCUT2D eigenvalue weighted by atomic mass is 9.87. The Morgan fingerprint density at radius 3 is 1.80 bits per heavy atom. The minimum Gasteiger partial charge on any atom is -0.404 e. The highest BCUT2D eigenvalue weighted by molar-refractivity contribution is 9.10. The van der Waals surface area contributed by atoms with Gasteiger partial charge in [0, 0.05) is 15.6 Å². The number of alkyl halides is 12. The molecule has 0 radical (unpaired) electrons. The third-order valence-corrected chi connectivity index (χ3v) is 6.32. The molecule has 0 aromatic heterocycles. The zero-order valence-electron chi connectivity index (χ0n) is 21.1. The number of carbonyl (C=O) groups is 2. The molecule has 3 aromatic carbocycles. The number of carbonyl (C=O) groups excluding carboxylic acids is 2. The van der Waals surface area contributed by atoms with Gasteiger partial charge in [-0.05, 0) is 64.5 Å². The monoisotopic (exact) mass is 732 g/mol. The number of anilines is 2. The smallest absolute Gasteiger partial charge is 0.404 e. The molecule has 0 saturated carbocycles. The van der Waals surface area contributed by atoms with E-state index in [9.17, 15) is 66.7 Å². The number of hydrogen-bond acceptors (Lipinski definition) is 3. The maximum absolute atomic E-state index is 15.1. The Bertz CT molecular complexity index is 1600. The molecule has 0 aliphatic rings. The van der Waals surface area contributed by atoms with Crippen LogP contribution in [0.1, 0.15) is 26.3 Å². The van der Waals surface area contributed by atoms with Crippen LogP contribution in [0, 0.1) is 11.6 Å². The van der Waals surface area contributed by atoms with E-state index in [1.54, 1.807) is 5.32 Å². The third-order valence-electron chi connectivity index (χ3n) is 5.69. The molecule has 3 rings (SSSR count). The highest BCUT2D eigenvalue weighted by Crippen LogP contribution is 2.59. The first kappa shape index (κ1) is 35.4. The molecule has 0 aliphatic carbocycles. The minimum atomic E-state index is -7.26. The van der Waals surface area contributed by atoms with Crippen LogP contribution in [0.2, 0.25) is 0 Å². The van der Waals surface area contributed by atoms with Crippen molar-refractivity contribution in [1.29, 1.82) is 0 Å². The average Bonchev–Trinajstić information content (AvgIpc) is 2.89. The number of ether oxygens (including phenoxy) is 1. The van der Waals surface area contributed by atoms with Crippen LogP contribution in [0.4, 0.5) is 72.8 Å². The van der Waals surface area contributed by atoms with Crippen molar-refractivity contribution in [2.24, 2.45) is 0 Å². The van der Waals surface area contributed by atoms with Crippen molar-refractivity contribution in [1.82, 2.24) is 0 Å². The van der Waals surface area contributed by atoms with Gasteiger partial charge in [0.2, 0.25) is 0 Å². The van der Waals surface area contributed by atoms with Crippen molar-refractivity contribution in [2.45, 2.75) is 30.3 Å². The van der Waals surface area contributed by atoms with Crippen LogP contribution >= 0.6 is 15.9 Å². The summed E-state index contributed by atoms with van der Waals surface area (Å²) in [5.74, 6) is -14.4. The highest BCUT2D eigenvalue weighted by Gasteiger charge is 2.81. The van der Waals surface area contributed by atoms with Crippen molar-refractivity contribution in [3.63, 3.8) is 0 Å². The lowest BCUT2D eigenvalue weighted by Gasteiger charge is -2.36. The molecule has 0 spiro atoms. The van der Waals surface area contributed by atoms with E-state index in [1.165, 1.54) is 0 Å². The van der Waals surface area contributed by atoms with Gasteiger partial charge < -0.3 is 15.4 Å². The largest absolute Gasteiger partial charge is 0.573 e. The van der Waals surface area contributed by atoms with Crippen LogP contribution in [0.5, 0.6) is 5.75 Å². The SMILES string of the molecule is O=C(Nc1cccc(C(=O)Nc2c(Br)cc(C(F)(C(F)(F)F)C(F)(F)C(F)(F)F)cc2OC(F)(F)F)c1F)c1ccc(F)cc1. The maximum atomic E-state index is 15.1. The van der Waals surface area contributed by atoms with Crippen LogP contribution in [0.15, 0.2) is 59.1 Å². The zero-order valence-corrected chi connectivity index (χ0v) is 22.7. The molecular weight excluding hydrogens is 722 g/mol. The van der Waals surface area contributed by atoms with Crippen molar-refractivity contribution >= 4 is 39.1 Å². The number of nitrogens with one attached hydrogen (secondary N) is 2. The second-order valence-electron chi connectivity index (χ2n) is 8.69. The molecule has 0 heterocycles. The lowest BCUT2D eigenvalue weighted by molar-refractivity contribution is -0.389. The Morgan fingerprint density at radius 2 is 1.29 bits per heavy atom. The molecule has 2 amide bonds. The Kier molecular flexibility index (Phi) is 9.44. The standard InChI is InChI=1S/C25H11BrF14N2O3/c26-14-8-11(21(29,23(32,33)34)22(30,31)24(35,36)37)9-16(45-25(38,39)40)18(14)42-20(44)13-2-1-3-15(17(13)28)41-19(43)10-4-6-12(27)7-5-10/h1-9H,(H,41,43)(H,42,44). The van der Waals surface area contributed by atoms with E-state index < -0.39 is 98.6 Å². The van der Waals surface area contributed by atoms with Crippen LogP contribution in [0.3, 0.4) is 0 Å². The number of benzene rings is 3. The van der Waals surface area contributed by atoms with Gasteiger partial charge in [-0.1, -0.05) is 6.07 Å². The minimum absolute atomic E-state index is 0.192. The molecule has 0 fully saturated rings. The molecule has 0 aliphatic heterocycles. The maximum Gasteiger partial charge on any atom is 0.573 e. The fourth-order valence-electron chi connectivity index (χ4n) is 3.61. The normalized spacial score (nSPS) is 14.0. The van der Waals surface area contributed by atoms with Gasteiger partial charge >= 0.3 is 30.3 Å². The first-order chi connectivity index (χ1) is 20.4. The van der Waals surface area contributed by atoms with E-state index in [0.717, 1.165) is 36.4 Å². The predicted molar refractivity (Wildman–Crippen MR) is 129 cm³/mol. The number of halogens is 15. The fraction of sp³-hybridized carbons (Fsp3) is 0.200. The van der Waals surface area contributed by atoms with Gasteiger partial charge in [-0.2, -0.15) is 35.1 Å². The number of hydrogen-bond donors (Lipinski definition) is 2. The van der Waals surface area contributed by atoms with E-state index in [1.807, 2.05) is 5.32 Å². The van der Waals surface area contributed by atoms with Crippen LogP contribution < -0.4 is 15.4 Å². The summed E-state index contributed by atoms with van der Waals surface area (Å²) in [5.41, 5.74) is -12.8. The molecule has 1 atom stereocenters. The quantitative estimate of drug-likeness (QED) is 0.238. The molecule has 5 nitrogen and oxygen atoms in total. The zero-order chi connectivity index (χ0) is 34.3. The molecule has 0 bridgehead atoms. The van der Waals surface area contributed by atoms with Gasteiger partial charge in [-0.25, -0.2) is 13.2 Å². The Morgan fingerprint density at radius 1 is 0.711 bits per heavy atom. The first-order valence-electron chi connectivity index (χ1n) is 11.4. The van der Waals surface area contributed by atoms with E-state index in [0.29, 0.717) is 6.07 Å². The molecular formula is C25H11BrF14N2O3. The topological polar surface area (TPSA) is 67.4 Å². The van der Waals surface area contributed by atoms with Gasteiger partial charge in [0.15, 0.2) is 11.6 Å². The predicted octanol–water partition coefficient (Wildman–Crippen LogP) is 9.06. The third kappa shape index (κ3) is 7.09. The van der Waals surface area contributed by atoms with Crippen LogP contribution in [0.25, 0.3) is 0 Å². The number of amides is 2. The van der Waals surface area contributed by atoms with Crippen LogP contribution in [-0.2, 0) is 5.67 Å². The summed E-state index contributed by atoms with van der Waals surface area (Å²) in [7, 11) is 0. The summed E-state index contributed by atoms with van der Waals surface area (Å²) in [5, 5.41) is 3.56. The molecule has 2 N–H and O–H groups in total. The van der Waals surface area contributed by atoms with E-state index in [2.05, 4.69) is 20.7 Å². The lowest BCUT2D eigenvalue weighted by Crippen LogP contribution is -2.59. The van der Waals surface area contributed by atoms with Gasteiger partial charge in [-0.3, -0.25) is 9.59 Å². The summed E-state index contributed by atoms with van der Waals surface area (Å²) in [4.78, 5) is 25.1. The van der Waals surface area contributed by atoms with Crippen molar-refractivity contribution in [2.75, 3.05) is 10.6 Å². The summed E-state index contributed by atoms with van der Waals surface area (Å²) in [6.45, 7) is 0. The second-order valence-corrected chi connectivity index (χ2v) is 9.54. The van der Waals surface area contributed by atoms with Crippen molar-refractivity contribution in [3.8, 4) is 5.75 Å². The van der Waals surface area contributed by atoms with Crippen LogP contribution in [-0.4, -0.2) is 36.5 Å². The fourth-order valence-corrected chi connectivity index (χ4v) is 4.15. The van der Waals surface area contributed by atoms with E-state index >= 15 is 4.39 Å². The number of rotatable bonds is 7. The summed E-state index contributed by atoms with van der Waals surface area (Å²) >= 11 is 2.28. The Balaban J connectivity index is 2.09. The van der Waals surface area contributed by atoms with E-state index in [-0.39, 0.29) is 5.56 Å². The second kappa shape index (κ2) is 12.0. The highest BCUT2D eigenvalue weighted by atomic mass is 79.9.